The molecule has 1 atom stereocenters. The summed E-state index contributed by atoms with van der Waals surface area (Å²) in [4.78, 5) is 20.9. The molecule has 0 N–H and O–H groups in total. The largest absolute Gasteiger partial charge is 0.463 e. The Balaban J connectivity index is 2.20. The number of rotatable bonds is 2. The van der Waals surface area contributed by atoms with Gasteiger partial charge in [0, 0.05) is 6.42 Å². The van der Waals surface area contributed by atoms with Crippen LogP contribution >= 0.6 is 0 Å². The molecule has 0 bridgehead atoms. The maximum absolute atomic E-state index is 10.7. The summed E-state index contributed by atoms with van der Waals surface area (Å²) in [5.41, 5.74) is -0.318. The molecular weight excluding hydrogens is 172 g/mol. The van der Waals surface area contributed by atoms with Crippen molar-refractivity contribution in [3.8, 4) is 0 Å². The standard InChI is InChI=1S/C9H16O4/c1-9(2,3)13-12-7-4-5-8(10)11-6-7/h7H,4-6H2,1-3H3. The van der Waals surface area contributed by atoms with E-state index in [0.717, 1.165) is 0 Å². The van der Waals surface area contributed by atoms with Crippen LogP contribution in [0.1, 0.15) is 33.6 Å². The zero-order valence-corrected chi connectivity index (χ0v) is 8.33. The van der Waals surface area contributed by atoms with Crippen molar-refractivity contribution in [3.63, 3.8) is 0 Å². The molecule has 0 spiro atoms. The van der Waals surface area contributed by atoms with E-state index in [9.17, 15) is 4.79 Å². The molecule has 0 radical (unpaired) electrons. The molecule has 1 aliphatic heterocycles. The molecular formula is C9H16O4. The van der Waals surface area contributed by atoms with E-state index in [-0.39, 0.29) is 17.7 Å². The first-order valence-electron chi connectivity index (χ1n) is 4.47. The molecule has 4 heteroatoms. The van der Waals surface area contributed by atoms with Crippen molar-refractivity contribution in [2.75, 3.05) is 6.61 Å². The Morgan fingerprint density at radius 2 is 2.15 bits per heavy atom. The Bertz CT molecular complexity index is 173. The summed E-state index contributed by atoms with van der Waals surface area (Å²) in [6.07, 6.45) is 0.976. The molecule has 1 saturated heterocycles. The van der Waals surface area contributed by atoms with Gasteiger partial charge in [0.05, 0.1) is 5.60 Å². The van der Waals surface area contributed by atoms with Crippen LogP contribution in [0.15, 0.2) is 0 Å². The lowest BCUT2D eigenvalue weighted by molar-refractivity contribution is -0.378. The molecule has 0 aromatic heterocycles. The number of carbonyl (C=O) groups is 1. The lowest BCUT2D eigenvalue weighted by Crippen LogP contribution is -2.31. The van der Waals surface area contributed by atoms with E-state index in [4.69, 9.17) is 14.5 Å². The van der Waals surface area contributed by atoms with Crippen molar-refractivity contribution >= 4 is 5.97 Å². The summed E-state index contributed by atoms with van der Waals surface area (Å²) in [5, 5.41) is 0. The second kappa shape index (κ2) is 4.07. The molecule has 13 heavy (non-hydrogen) atoms. The molecule has 0 saturated carbocycles. The predicted octanol–water partition coefficient (Wildman–Crippen LogP) is 1.44. The number of esters is 1. The maximum Gasteiger partial charge on any atom is 0.305 e. The van der Waals surface area contributed by atoms with E-state index in [1.807, 2.05) is 20.8 Å². The van der Waals surface area contributed by atoms with Gasteiger partial charge in [-0.05, 0) is 27.2 Å². The molecule has 0 aliphatic carbocycles. The Morgan fingerprint density at radius 3 is 2.62 bits per heavy atom. The first-order chi connectivity index (χ1) is 5.97. The van der Waals surface area contributed by atoms with Crippen molar-refractivity contribution in [1.29, 1.82) is 0 Å². The van der Waals surface area contributed by atoms with Gasteiger partial charge in [0.1, 0.15) is 12.7 Å². The lowest BCUT2D eigenvalue weighted by Gasteiger charge is -2.25. The minimum Gasteiger partial charge on any atom is -0.463 e. The van der Waals surface area contributed by atoms with Crippen molar-refractivity contribution < 1.29 is 19.3 Å². The van der Waals surface area contributed by atoms with E-state index < -0.39 is 0 Å². The second-order valence-electron chi connectivity index (χ2n) is 4.14. The first kappa shape index (κ1) is 10.5. The van der Waals surface area contributed by atoms with Crippen LogP contribution in [0, 0.1) is 0 Å². The summed E-state index contributed by atoms with van der Waals surface area (Å²) in [5.74, 6) is -0.157. The van der Waals surface area contributed by atoms with Crippen molar-refractivity contribution in [3.05, 3.63) is 0 Å². The van der Waals surface area contributed by atoms with Crippen molar-refractivity contribution in [2.45, 2.75) is 45.3 Å². The number of ether oxygens (including phenoxy) is 1. The van der Waals surface area contributed by atoms with E-state index in [1.165, 1.54) is 0 Å². The highest BCUT2D eigenvalue weighted by molar-refractivity contribution is 5.70. The first-order valence-corrected chi connectivity index (χ1v) is 4.47. The lowest BCUT2D eigenvalue weighted by atomic mass is 10.2. The Labute approximate surface area is 78.1 Å². The predicted molar refractivity (Wildman–Crippen MR) is 45.9 cm³/mol. The third-order valence-electron chi connectivity index (χ3n) is 1.53. The van der Waals surface area contributed by atoms with Crippen LogP contribution in [0.25, 0.3) is 0 Å². The topological polar surface area (TPSA) is 44.8 Å². The van der Waals surface area contributed by atoms with Gasteiger partial charge in [-0.15, -0.1) is 0 Å². The molecule has 76 valence electrons. The normalized spacial score (nSPS) is 24.2. The molecule has 1 rings (SSSR count). The van der Waals surface area contributed by atoms with Gasteiger partial charge < -0.3 is 4.74 Å². The fourth-order valence-corrected chi connectivity index (χ4v) is 0.909. The average molecular weight is 188 g/mol. The van der Waals surface area contributed by atoms with Gasteiger partial charge in [0.15, 0.2) is 0 Å². The molecule has 0 aromatic carbocycles. The van der Waals surface area contributed by atoms with Crippen LogP contribution in [-0.4, -0.2) is 24.3 Å². The van der Waals surface area contributed by atoms with Crippen molar-refractivity contribution in [1.82, 2.24) is 0 Å². The van der Waals surface area contributed by atoms with Gasteiger partial charge in [0.2, 0.25) is 0 Å². The molecule has 1 unspecified atom stereocenters. The fraction of sp³-hybridized carbons (Fsp3) is 0.889. The summed E-state index contributed by atoms with van der Waals surface area (Å²) < 4.78 is 4.81. The minimum absolute atomic E-state index is 0.114. The summed E-state index contributed by atoms with van der Waals surface area (Å²) in [7, 11) is 0. The summed E-state index contributed by atoms with van der Waals surface area (Å²) in [6, 6.07) is 0. The van der Waals surface area contributed by atoms with Crippen LogP contribution in [0.3, 0.4) is 0 Å². The van der Waals surface area contributed by atoms with Gasteiger partial charge >= 0.3 is 5.97 Å². The Morgan fingerprint density at radius 1 is 1.46 bits per heavy atom. The van der Waals surface area contributed by atoms with Crippen molar-refractivity contribution in [2.24, 2.45) is 0 Å². The van der Waals surface area contributed by atoms with Gasteiger partial charge in [-0.3, -0.25) is 4.79 Å². The maximum atomic E-state index is 10.7. The summed E-state index contributed by atoms with van der Waals surface area (Å²) >= 11 is 0. The zero-order valence-electron chi connectivity index (χ0n) is 8.33. The highest BCUT2D eigenvalue weighted by Gasteiger charge is 2.23. The van der Waals surface area contributed by atoms with Gasteiger partial charge in [-0.2, -0.15) is 0 Å². The highest BCUT2D eigenvalue weighted by atomic mass is 17.2. The monoisotopic (exact) mass is 188 g/mol. The zero-order chi connectivity index (χ0) is 9.90. The van der Waals surface area contributed by atoms with Gasteiger partial charge in [0.25, 0.3) is 0 Å². The summed E-state index contributed by atoms with van der Waals surface area (Å²) in [6.45, 7) is 6.01. The van der Waals surface area contributed by atoms with Crippen LogP contribution in [0.2, 0.25) is 0 Å². The molecule has 0 aromatic rings. The molecule has 1 fully saturated rings. The minimum atomic E-state index is -0.318. The quantitative estimate of drug-likeness (QED) is 0.373. The fourth-order valence-electron chi connectivity index (χ4n) is 0.909. The SMILES string of the molecule is CC(C)(C)OOC1CCC(=O)OC1. The highest BCUT2D eigenvalue weighted by Crippen LogP contribution is 2.15. The second-order valence-corrected chi connectivity index (χ2v) is 4.14. The molecule has 1 heterocycles. The Kier molecular flexibility index (Phi) is 3.27. The third-order valence-corrected chi connectivity index (χ3v) is 1.53. The van der Waals surface area contributed by atoms with E-state index in [1.54, 1.807) is 0 Å². The average Bonchev–Trinajstić information content (AvgIpc) is 2.02. The van der Waals surface area contributed by atoms with Crippen LogP contribution in [-0.2, 0) is 19.3 Å². The van der Waals surface area contributed by atoms with E-state index in [0.29, 0.717) is 19.4 Å². The number of cyclic esters (lactones) is 1. The molecule has 1 aliphatic rings. The Hall–Kier alpha value is -0.610. The van der Waals surface area contributed by atoms with E-state index in [2.05, 4.69) is 0 Å². The third kappa shape index (κ3) is 4.24. The van der Waals surface area contributed by atoms with E-state index >= 15 is 0 Å². The van der Waals surface area contributed by atoms with Crippen LogP contribution in [0.4, 0.5) is 0 Å². The van der Waals surface area contributed by atoms with Crippen LogP contribution < -0.4 is 0 Å². The molecule has 0 amide bonds. The molecule has 4 nitrogen and oxygen atoms in total. The number of carbonyl (C=O) groups excluding carboxylic acids is 1. The smallest absolute Gasteiger partial charge is 0.305 e. The van der Waals surface area contributed by atoms with Gasteiger partial charge in [-0.25, -0.2) is 9.78 Å². The van der Waals surface area contributed by atoms with Gasteiger partial charge in [-0.1, -0.05) is 0 Å². The number of hydrogen-bond acceptors (Lipinski definition) is 4. The van der Waals surface area contributed by atoms with Crippen LogP contribution in [0.5, 0.6) is 0 Å². The number of hydrogen-bond donors (Lipinski definition) is 0.